The lowest BCUT2D eigenvalue weighted by Crippen LogP contribution is -2.44. The van der Waals surface area contributed by atoms with Crippen LogP contribution in [0.1, 0.15) is 41.4 Å². The van der Waals surface area contributed by atoms with Crippen LogP contribution in [0.25, 0.3) is 21.9 Å². The molecule has 0 aliphatic carbocycles. The van der Waals surface area contributed by atoms with Gasteiger partial charge in [-0.1, -0.05) is 24.1 Å². The molecule has 3 N–H and O–H groups in total. The highest BCUT2D eigenvalue weighted by Gasteiger charge is 2.35. The van der Waals surface area contributed by atoms with E-state index in [1.54, 1.807) is 42.2 Å². The number of hydrogen-bond acceptors (Lipinski definition) is 7. The highest BCUT2D eigenvalue weighted by molar-refractivity contribution is 6.11. The van der Waals surface area contributed by atoms with E-state index in [2.05, 4.69) is 22.9 Å². The van der Waals surface area contributed by atoms with Gasteiger partial charge in [0, 0.05) is 31.6 Å². The number of hydrogen-bond donors (Lipinski definition) is 2. The maximum atomic E-state index is 14.2. The zero-order valence-electron chi connectivity index (χ0n) is 24.0. The number of pyridine rings is 1. The van der Waals surface area contributed by atoms with Crippen LogP contribution < -0.4 is 27.2 Å². The Hall–Kier alpha value is -5.08. The van der Waals surface area contributed by atoms with Crippen LogP contribution in [0.15, 0.2) is 39.9 Å². The van der Waals surface area contributed by atoms with Crippen molar-refractivity contribution >= 4 is 33.7 Å². The van der Waals surface area contributed by atoms with Crippen LogP contribution in [-0.2, 0) is 20.1 Å². The van der Waals surface area contributed by atoms with Crippen molar-refractivity contribution in [1.82, 2.24) is 24.0 Å². The average molecular weight is 607 g/mol. The molecule has 44 heavy (non-hydrogen) atoms. The summed E-state index contributed by atoms with van der Waals surface area (Å²) in [5.74, 6) is 4.68. The lowest BCUT2D eigenvalue weighted by atomic mass is 10.1. The molecule has 0 spiro atoms. The summed E-state index contributed by atoms with van der Waals surface area (Å²) in [4.78, 5) is 47.8. The molecule has 4 aromatic rings. The highest BCUT2D eigenvalue weighted by atomic mass is 19.4. The minimum Gasteiger partial charge on any atom is -0.356 e. The van der Waals surface area contributed by atoms with Gasteiger partial charge < -0.3 is 20.5 Å². The van der Waals surface area contributed by atoms with E-state index in [0.29, 0.717) is 30.3 Å². The second kappa shape index (κ2) is 11.9. The van der Waals surface area contributed by atoms with Crippen LogP contribution >= 0.6 is 0 Å². The van der Waals surface area contributed by atoms with Crippen molar-refractivity contribution in [2.75, 3.05) is 24.5 Å². The van der Waals surface area contributed by atoms with Crippen LogP contribution in [0.4, 0.5) is 19.0 Å². The first-order chi connectivity index (χ1) is 20.9. The van der Waals surface area contributed by atoms with Gasteiger partial charge in [-0.25, -0.2) is 9.78 Å². The fourth-order valence-electron chi connectivity index (χ4n) is 5.61. The first-order valence-electron chi connectivity index (χ1n) is 13.8. The Morgan fingerprint density at radius 1 is 1.20 bits per heavy atom. The number of carbonyl (C=O) groups excluding carboxylic acids is 1. The maximum Gasteiger partial charge on any atom is 0.405 e. The number of nitrogens with two attached hydrogens (primary N) is 1. The second-order valence-corrected chi connectivity index (χ2v) is 10.6. The molecule has 14 heteroatoms. The number of carbonyl (C=O) groups is 1. The van der Waals surface area contributed by atoms with E-state index in [4.69, 9.17) is 5.73 Å². The van der Waals surface area contributed by atoms with Crippen molar-refractivity contribution in [2.45, 2.75) is 45.1 Å². The number of amides is 1. The minimum atomic E-state index is -4.70. The molecule has 1 amide bonds. The lowest BCUT2D eigenvalue weighted by Gasteiger charge is -2.33. The number of halogens is 3. The molecule has 0 saturated carbocycles. The van der Waals surface area contributed by atoms with E-state index in [-0.39, 0.29) is 59.3 Å². The summed E-state index contributed by atoms with van der Waals surface area (Å²) in [6.45, 7) is 0.205. The van der Waals surface area contributed by atoms with Crippen molar-refractivity contribution in [3.8, 4) is 17.9 Å². The topological polar surface area (TPSA) is 144 Å². The Morgan fingerprint density at radius 3 is 2.64 bits per heavy atom. The fraction of sp³-hybridized carbons (Fsp3) is 0.367. The monoisotopic (exact) mass is 606 g/mol. The average Bonchev–Trinajstić information content (AvgIpc) is 3.34. The molecular weight excluding hydrogens is 577 g/mol. The first-order valence-corrected chi connectivity index (χ1v) is 13.8. The second-order valence-electron chi connectivity index (χ2n) is 10.6. The lowest BCUT2D eigenvalue weighted by molar-refractivity contribution is -0.123. The molecule has 228 valence electrons. The van der Waals surface area contributed by atoms with E-state index in [1.165, 1.54) is 11.6 Å². The molecule has 0 unspecified atom stereocenters. The molecule has 4 heterocycles. The van der Waals surface area contributed by atoms with Crippen molar-refractivity contribution in [1.29, 1.82) is 5.26 Å². The number of nitrogens with zero attached hydrogens (tertiary/aromatic N) is 6. The molecule has 11 nitrogen and oxygen atoms in total. The number of anilines is 1. The Morgan fingerprint density at radius 2 is 1.95 bits per heavy atom. The quantitative estimate of drug-likeness (QED) is 0.320. The number of nitriles is 1. The van der Waals surface area contributed by atoms with Gasteiger partial charge >= 0.3 is 11.9 Å². The van der Waals surface area contributed by atoms with Gasteiger partial charge in [0.05, 0.1) is 35.4 Å². The molecule has 1 atom stereocenters. The molecule has 3 aromatic heterocycles. The van der Waals surface area contributed by atoms with Crippen molar-refractivity contribution < 1.29 is 18.0 Å². The summed E-state index contributed by atoms with van der Waals surface area (Å²) >= 11 is 0. The smallest absolute Gasteiger partial charge is 0.356 e. The number of para-hydroxylation sites is 1. The van der Waals surface area contributed by atoms with Crippen LogP contribution in [0.5, 0.6) is 0 Å². The molecule has 1 aliphatic heterocycles. The van der Waals surface area contributed by atoms with E-state index >= 15 is 0 Å². The summed E-state index contributed by atoms with van der Waals surface area (Å²) in [6, 6.07) is 10.5. The summed E-state index contributed by atoms with van der Waals surface area (Å²) < 4.78 is 42.9. The maximum absolute atomic E-state index is 14.2. The third kappa shape index (κ3) is 5.64. The number of nitrogens with one attached hydrogen (secondary N) is 1. The predicted octanol–water partition coefficient (Wildman–Crippen LogP) is 2.21. The van der Waals surface area contributed by atoms with Crippen LogP contribution in [-0.4, -0.2) is 56.4 Å². The van der Waals surface area contributed by atoms with Gasteiger partial charge in [-0.05, 0) is 31.9 Å². The molecule has 1 aromatic carbocycles. The van der Waals surface area contributed by atoms with Gasteiger partial charge in [-0.15, -0.1) is 5.92 Å². The number of aromatic nitrogens is 4. The van der Waals surface area contributed by atoms with E-state index in [9.17, 15) is 32.8 Å². The van der Waals surface area contributed by atoms with E-state index in [0.717, 1.165) is 9.13 Å². The standard InChI is InChI=1S/C30H29F3N8O3/c1-3-4-12-40-25-24(23(26(42)36-17-30(31,32)33)27(40)39-11-7-9-20(35)15-39)38(2)29(44)41(28(25)43)16-22-19(14-34)13-18-8-5-6-10-21(18)37-22/h5-6,8,10,13,20H,7,9,11-12,15-17,35H2,1-2H3,(H,36,42)/t20-/m1/s1. The zero-order valence-corrected chi connectivity index (χ0v) is 24.0. The highest BCUT2D eigenvalue weighted by Crippen LogP contribution is 2.33. The molecule has 1 aliphatic rings. The summed E-state index contributed by atoms with van der Waals surface area (Å²) in [5.41, 5.74) is 5.01. The molecule has 1 fully saturated rings. The SMILES string of the molecule is CC#CCn1c(N2CCC[C@@H](N)C2)c(C(=O)NCC(F)(F)F)c2c1c(=O)n(Cc1nc3ccccc3cc1C#N)c(=O)n2C. The normalized spacial score (nSPS) is 15.2. The Kier molecular flexibility index (Phi) is 8.21. The summed E-state index contributed by atoms with van der Waals surface area (Å²) in [5, 5.41) is 12.4. The first kappa shape index (κ1) is 30.4. The third-order valence-electron chi connectivity index (χ3n) is 7.59. The molecule has 0 radical (unpaired) electrons. The summed E-state index contributed by atoms with van der Waals surface area (Å²) in [6.07, 6.45) is -3.36. The largest absolute Gasteiger partial charge is 0.405 e. The fourth-order valence-corrected chi connectivity index (χ4v) is 5.61. The number of fused-ring (bicyclic) bond motifs is 2. The van der Waals surface area contributed by atoms with E-state index < -0.39 is 29.9 Å². The summed E-state index contributed by atoms with van der Waals surface area (Å²) in [7, 11) is 1.34. The number of aryl methyl sites for hydroxylation is 1. The van der Waals surface area contributed by atoms with Gasteiger partial charge in [-0.2, -0.15) is 18.4 Å². The zero-order chi connectivity index (χ0) is 31.8. The Labute approximate surface area is 249 Å². The molecular formula is C30H29F3N8O3. The minimum absolute atomic E-state index is 0.0915. The number of piperidine rings is 1. The van der Waals surface area contributed by atoms with Crippen molar-refractivity contribution in [2.24, 2.45) is 12.8 Å². The van der Waals surface area contributed by atoms with Gasteiger partial charge in [0.2, 0.25) is 0 Å². The van der Waals surface area contributed by atoms with E-state index in [1.807, 2.05) is 5.32 Å². The van der Waals surface area contributed by atoms with Crippen molar-refractivity contribution in [3.05, 3.63) is 68.0 Å². The number of alkyl halides is 3. The Balaban J connectivity index is 1.80. The Bertz CT molecular complexity index is 2010. The molecule has 5 rings (SSSR count). The number of benzene rings is 1. The van der Waals surface area contributed by atoms with Crippen LogP contribution in [0.3, 0.4) is 0 Å². The third-order valence-corrected chi connectivity index (χ3v) is 7.59. The molecule has 0 bridgehead atoms. The van der Waals surface area contributed by atoms with Crippen LogP contribution in [0.2, 0.25) is 0 Å². The molecule has 1 saturated heterocycles. The number of rotatable bonds is 6. The van der Waals surface area contributed by atoms with Gasteiger partial charge in [0.15, 0.2) is 0 Å². The van der Waals surface area contributed by atoms with Gasteiger partial charge in [0.25, 0.3) is 11.5 Å². The van der Waals surface area contributed by atoms with Gasteiger partial charge in [0.1, 0.15) is 29.5 Å². The van der Waals surface area contributed by atoms with Crippen molar-refractivity contribution in [3.63, 3.8) is 0 Å². The predicted molar refractivity (Wildman–Crippen MR) is 158 cm³/mol. The van der Waals surface area contributed by atoms with Crippen LogP contribution in [0, 0.1) is 23.2 Å². The van der Waals surface area contributed by atoms with Gasteiger partial charge in [-0.3, -0.25) is 18.7 Å².